The summed E-state index contributed by atoms with van der Waals surface area (Å²) in [7, 11) is 0. The van der Waals surface area contributed by atoms with Crippen molar-refractivity contribution in [2.75, 3.05) is 6.54 Å². The standard InChI is InChI=1S/C13H19N3O/c1-3-15-8-13-14-6-11(9(2)17)16(13)7-12(15)10-4-5-10/h6,10,12H,3-5,7-8H2,1-2H3. The number of carbonyl (C=O) groups is 1. The summed E-state index contributed by atoms with van der Waals surface area (Å²) in [4.78, 5) is 18.4. The fourth-order valence-electron chi connectivity index (χ4n) is 2.90. The zero-order valence-electron chi connectivity index (χ0n) is 10.5. The largest absolute Gasteiger partial charge is 0.323 e. The Morgan fingerprint density at radius 3 is 2.88 bits per heavy atom. The van der Waals surface area contributed by atoms with Crippen LogP contribution in [-0.2, 0) is 13.1 Å². The quantitative estimate of drug-likeness (QED) is 0.746. The first kappa shape index (κ1) is 11.0. The molecule has 92 valence electrons. The first-order chi connectivity index (χ1) is 8.20. The first-order valence-electron chi connectivity index (χ1n) is 6.50. The van der Waals surface area contributed by atoms with E-state index in [-0.39, 0.29) is 5.78 Å². The molecule has 4 heteroatoms. The lowest BCUT2D eigenvalue weighted by Gasteiger charge is -2.36. The topological polar surface area (TPSA) is 38.1 Å². The minimum Gasteiger partial charge on any atom is -0.323 e. The Morgan fingerprint density at radius 2 is 2.29 bits per heavy atom. The molecule has 0 radical (unpaired) electrons. The maximum atomic E-state index is 11.5. The van der Waals surface area contributed by atoms with Crippen molar-refractivity contribution in [3.05, 3.63) is 17.7 Å². The predicted molar refractivity (Wildman–Crippen MR) is 64.8 cm³/mol. The third-order valence-corrected chi connectivity index (χ3v) is 4.05. The maximum Gasteiger partial charge on any atom is 0.177 e. The summed E-state index contributed by atoms with van der Waals surface area (Å²) in [6.45, 7) is 6.75. The fourth-order valence-corrected chi connectivity index (χ4v) is 2.90. The molecule has 3 rings (SSSR count). The molecule has 1 atom stereocenters. The molecular weight excluding hydrogens is 214 g/mol. The number of aromatic nitrogens is 2. The van der Waals surface area contributed by atoms with Gasteiger partial charge in [-0.2, -0.15) is 0 Å². The van der Waals surface area contributed by atoms with Crippen LogP contribution in [0.2, 0.25) is 0 Å². The van der Waals surface area contributed by atoms with Crippen molar-refractivity contribution in [3.8, 4) is 0 Å². The number of rotatable bonds is 3. The SMILES string of the molecule is CCN1Cc2ncc(C(C)=O)n2CC1C1CC1. The molecule has 1 saturated carbocycles. The van der Waals surface area contributed by atoms with Crippen LogP contribution in [0.5, 0.6) is 0 Å². The van der Waals surface area contributed by atoms with Gasteiger partial charge in [-0.1, -0.05) is 6.92 Å². The molecule has 1 fully saturated rings. The molecule has 1 aromatic heterocycles. The molecule has 0 amide bonds. The van der Waals surface area contributed by atoms with Crippen LogP contribution < -0.4 is 0 Å². The summed E-state index contributed by atoms with van der Waals surface area (Å²) in [5.74, 6) is 2.02. The number of nitrogens with zero attached hydrogens (tertiary/aromatic N) is 3. The van der Waals surface area contributed by atoms with Crippen LogP contribution in [0, 0.1) is 5.92 Å². The lowest BCUT2D eigenvalue weighted by Crippen LogP contribution is -2.44. The van der Waals surface area contributed by atoms with Crippen LogP contribution in [-0.4, -0.2) is 32.8 Å². The highest BCUT2D eigenvalue weighted by molar-refractivity contribution is 5.92. The third kappa shape index (κ3) is 1.80. The Bertz CT molecular complexity index is 448. The van der Waals surface area contributed by atoms with Crippen molar-refractivity contribution in [2.45, 2.75) is 45.8 Å². The molecule has 17 heavy (non-hydrogen) atoms. The van der Waals surface area contributed by atoms with Crippen LogP contribution >= 0.6 is 0 Å². The smallest absolute Gasteiger partial charge is 0.177 e. The van der Waals surface area contributed by atoms with Crippen molar-refractivity contribution in [3.63, 3.8) is 0 Å². The van der Waals surface area contributed by atoms with E-state index in [1.165, 1.54) is 12.8 Å². The van der Waals surface area contributed by atoms with Gasteiger partial charge in [-0.05, 0) is 25.3 Å². The molecule has 1 aliphatic heterocycles. The maximum absolute atomic E-state index is 11.5. The molecule has 0 aromatic carbocycles. The molecule has 1 unspecified atom stereocenters. The Balaban J connectivity index is 1.93. The van der Waals surface area contributed by atoms with E-state index in [2.05, 4.69) is 21.4 Å². The van der Waals surface area contributed by atoms with E-state index >= 15 is 0 Å². The van der Waals surface area contributed by atoms with Gasteiger partial charge in [0, 0.05) is 19.5 Å². The Kier molecular flexibility index (Phi) is 2.54. The van der Waals surface area contributed by atoms with Crippen molar-refractivity contribution in [1.82, 2.24) is 14.5 Å². The molecule has 0 spiro atoms. The number of hydrogen-bond acceptors (Lipinski definition) is 3. The van der Waals surface area contributed by atoms with E-state index in [0.717, 1.165) is 37.1 Å². The first-order valence-corrected chi connectivity index (χ1v) is 6.50. The molecule has 4 nitrogen and oxygen atoms in total. The van der Waals surface area contributed by atoms with Crippen molar-refractivity contribution in [2.24, 2.45) is 5.92 Å². The number of likely N-dealkylation sites (N-methyl/N-ethyl adjacent to an activating group) is 1. The zero-order valence-corrected chi connectivity index (χ0v) is 10.5. The van der Waals surface area contributed by atoms with Gasteiger partial charge >= 0.3 is 0 Å². The number of ketones is 1. The molecule has 2 aliphatic rings. The number of imidazole rings is 1. The number of carbonyl (C=O) groups excluding carboxylic acids is 1. The summed E-state index contributed by atoms with van der Waals surface area (Å²) in [6, 6.07) is 0.611. The van der Waals surface area contributed by atoms with Gasteiger partial charge in [0.2, 0.25) is 0 Å². The van der Waals surface area contributed by atoms with Gasteiger partial charge in [0.15, 0.2) is 5.78 Å². The molecular formula is C13H19N3O. The van der Waals surface area contributed by atoms with Gasteiger partial charge < -0.3 is 4.57 Å². The zero-order chi connectivity index (χ0) is 12.0. The number of fused-ring (bicyclic) bond motifs is 1. The minimum atomic E-state index is 0.128. The van der Waals surface area contributed by atoms with Crippen molar-refractivity contribution in [1.29, 1.82) is 0 Å². The van der Waals surface area contributed by atoms with Crippen LogP contribution in [0.4, 0.5) is 0 Å². The van der Waals surface area contributed by atoms with Gasteiger partial charge in [0.1, 0.15) is 11.5 Å². The highest BCUT2D eigenvalue weighted by Gasteiger charge is 2.38. The average molecular weight is 233 g/mol. The van der Waals surface area contributed by atoms with Crippen LogP contribution in [0.25, 0.3) is 0 Å². The van der Waals surface area contributed by atoms with E-state index in [9.17, 15) is 4.79 Å². The normalized spacial score (nSPS) is 24.7. The van der Waals surface area contributed by atoms with Crippen molar-refractivity contribution < 1.29 is 4.79 Å². The second kappa shape index (κ2) is 3.95. The predicted octanol–water partition coefficient (Wildman–Crippen LogP) is 1.70. The molecule has 2 heterocycles. The van der Waals surface area contributed by atoms with Gasteiger partial charge in [0.25, 0.3) is 0 Å². The van der Waals surface area contributed by atoms with E-state index in [1.807, 2.05) is 0 Å². The summed E-state index contributed by atoms with van der Waals surface area (Å²) < 4.78 is 2.14. The Labute approximate surface area is 102 Å². The second-order valence-electron chi connectivity index (χ2n) is 5.19. The molecule has 0 bridgehead atoms. The fraction of sp³-hybridized carbons (Fsp3) is 0.692. The highest BCUT2D eigenvalue weighted by Crippen LogP contribution is 2.38. The lowest BCUT2D eigenvalue weighted by atomic mass is 10.1. The van der Waals surface area contributed by atoms with Gasteiger partial charge in [-0.15, -0.1) is 0 Å². The van der Waals surface area contributed by atoms with Crippen LogP contribution in [0.1, 0.15) is 43.0 Å². The van der Waals surface area contributed by atoms with Crippen LogP contribution in [0.3, 0.4) is 0 Å². The third-order valence-electron chi connectivity index (χ3n) is 4.05. The van der Waals surface area contributed by atoms with E-state index in [4.69, 9.17) is 0 Å². The second-order valence-corrected chi connectivity index (χ2v) is 5.19. The van der Waals surface area contributed by atoms with E-state index in [0.29, 0.717) is 6.04 Å². The summed E-state index contributed by atoms with van der Waals surface area (Å²) in [5, 5.41) is 0. The van der Waals surface area contributed by atoms with E-state index < -0.39 is 0 Å². The monoisotopic (exact) mass is 233 g/mol. The molecule has 0 saturated heterocycles. The van der Waals surface area contributed by atoms with Gasteiger partial charge in [-0.3, -0.25) is 9.69 Å². The lowest BCUT2D eigenvalue weighted by molar-refractivity contribution is 0.0980. The number of Topliss-reactive ketones (excluding diaryl/α,β-unsaturated/α-hetero) is 1. The minimum absolute atomic E-state index is 0.128. The Hall–Kier alpha value is -1.16. The number of hydrogen-bond donors (Lipinski definition) is 0. The summed E-state index contributed by atoms with van der Waals surface area (Å²) in [6.07, 6.45) is 4.43. The van der Waals surface area contributed by atoms with Crippen molar-refractivity contribution >= 4 is 5.78 Å². The van der Waals surface area contributed by atoms with Gasteiger partial charge in [0.05, 0.1) is 12.7 Å². The summed E-state index contributed by atoms with van der Waals surface area (Å²) in [5.41, 5.74) is 0.779. The molecule has 1 aliphatic carbocycles. The highest BCUT2D eigenvalue weighted by atomic mass is 16.1. The molecule has 1 aromatic rings. The van der Waals surface area contributed by atoms with E-state index in [1.54, 1.807) is 13.1 Å². The molecule has 0 N–H and O–H groups in total. The van der Waals surface area contributed by atoms with Gasteiger partial charge in [-0.25, -0.2) is 4.98 Å². The average Bonchev–Trinajstić information content (AvgIpc) is 3.07. The Morgan fingerprint density at radius 1 is 1.53 bits per heavy atom. The summed E-state index contributed by atoms with van der Waals surface area (Å²) >= 11 is 0. The van der Waals surface area contributed by atoms with Crippen LogP contribution in [0.15, 0.2) is 6.20 Å².